The summed E-state index contributed by atoms with van der Waals surface area (Å²) in [6, 6.07) is 7.00. The first-order valence-electron chi connectivity index (χ1n) is 10.1. The molecule has 0 fully saturated rings. The Morgan fingerprint density at radius 3 is 2.42 bits per heavy atom. The molecule has 0 saturated heterocycles. The number of benzene rings is 1. The van der Waals surface area contributed by atoms with E-state index < -0.39 is 21.3 Å². The zero-order valence-electron chi connectivity index (χ0n) is 18.8. The molecule has 9 nitrogen and oxygen atoms in total. The number of pyridine rings is 1. The van der Waals surface area contributed by atoms with E-state index in [1.54, 1.807) is 37.5 Å². The van der Waals surface area contributed by atoms with Crippen molar-refractivity contribution >= 4 is 22.2 Å². The Balaban J connectivity index is 2.10. The van der Waals surface area contributed by atoms with E-state index in [4.69, 9.17) is 9.88 Å². The normalized spacial score (nSPS) is 12.3. The van der Waals surface area contributed by atoms with E-state index in [9.17, 15) is 18.0 Å². The fraction of sp³-hybridized carbons (Fsp3) is 0.261. The molecule has 33 heavy (non-hydrogen) atoms. The van der Waals surface area contributed by atoms with Crippen LogP contribution in [0.15, 0.2) is 46.2 Å². The van der Waals surface area contributed by atoms with Crippen LogP contribution in [0.2, 0.25) is 0 Å². The lowest BCUT2D eigenvalue weighted by Gasteiger charge is -2.24. The Labute approximate surface area is 191 Å². The molecule has 0 bridgehead atoms. The lowest BCUT2D eigenvalue weighted by Crippen LogP contribution is -2.23. The summed E-state index contributed by atoms with van der Waals surface area (Å²) in [5.74, 6) is 0.358. The molecule has 2 aromatic heterocycles. The lowest BCUT2D eigenvalue weighted by molar-refractivity contribution is 0.397. The third-order valence-electron chi connectivity index (χ3n) is 4.91. The lowest BCUT2D eigenvalue weighted by atomic mass is 9.83. The van der Waals surface area contributed by atoms with Gasteiger partial charge >= 0.3 is 5.69 Å². The van der Waals surface area contributed by atoms with Gasteiger partial charge in [-0.25, -0.2) is 18.4 Å². The van der Waals surface area contributed by atoms with Crippen molar-refractivity contribution in [1.29, 1.82) is 0 Å². The van der Waals surface area contributed by atoms with E-state index in [0.29, 0.717) is 33.7 Å². The number of hydrogen-bond acceptors (Lipinski definition) is 6. The van der Waals surface area contributed by atoms with E-state index >= 15 is 0 Å². The van der Waals surface area contributed by atoms with Crippen molar-refractivity contribution in [3.8, 4) is 16.9 Å². The van der Waals surface area contributed by atoms with Gasteiger partial charge in [0.2, 0.25) is 10.0 Å². The van der Waals surface area contributed by atoms with Crippen LogP contribution in [-0.2, 0) is 21.2 Å². The highest BCUT2D eigenvalue weighted by atomic mass is 32.2. The SMILES string of the molecule is COc1c(C=Cc2ccc(CS(N)(=O)=O)cn2)cc(-c2c[nH]c(=O)[nH]c2=O)cc1C(C)(C)C. The zero-order valence-corrected chi connectivity index (χ0v) is 19.6. The van der Waals surface area contributed by atoms with E-state index in [1.807, 2.05) is 26.8 Å². The standard InChI is InChI=1S/C23H26N4O5S/c1-23(2,3)19-10-16(18-12-26-22(29)27-21(18)28)9-15(20(19)32-4)6-8-17-7-5-14(11-25-17)13-33(24,30)31/h5-12H,13H2,1-4H3,(H2,24,30,31)(H2,26,27,28,29). The van der Waals surface area contributed by atoms with Crippen molar-refractivity contribution in [2.75, 3.05) is 7.11 Å². The minimum atomic E-state index is -3.64. The summed E-state index contributed by atoms with van der Waals surface area (Å²) in [7, 11) is -2.06. The molecule has 10 heteroatoms. The van der Waals surface area contributed by atoms with Gasteiger partial charge in [-0.1, -0.05) is 26.8 Å². The van der Waals surface area contributed by atoms with Crippen LogP contribution >= 0.6 is 0 Å². The Hall–Kier alpha value is -3.50. The second-order valence-corrected chi connectivity index (χ2v) is 10.2. The van der Waals surface area contributed by atoms with Crippen molar-refractivity contribution in [3.05, 3.63) is 79.9 Å². The van der Waals surface area contributed by atoms with Crippen LogP contribution < -0.4 is 21.1 Å². The number of nitrogens with one attached hydrogen (secondary N) is 2. The molecule has 0 aliphatic heterocycles. The number of H-pyrrole nitrogens is 2. The summed E-state index contributed by atoms with van der Waals surface area (Å²) < 4.78 is 28.2. The summed E-state index contributed by atoms with van der Waals surface area (Å²) in [4.78, 5) is 32.8. The van der Waals surface area contributed by atoms with Crippen LogP contribution in [-0.4, -0.2) is 30.5 Å². The highest BCUT2D eigenvalue weighted by molar-refractivity contribution is 7.88. The molecule has 0 atom stereocenters. The van der Waals surface area contributed by atoms with Gasteiger partial charge in [-0.2, -0.15) is 0 Å². The fourth-order valence-electron chi connectivity index (χ4n) is 3.37. The van der Waals surface area contributed by atoms with E-state index in [0.717, 1.165) is 5.56 Å². The second-order valence-electron chi connectivity index (χ2n) is 8.61. The van der Waals surface area contributed by atoms with E-state index in [2.05, 4.69) is 15.0 Å². The smallest absolute Gasteiger partial charge is 0.325 e. The summed E-state index contributed by atoms with van der Waals surface area (Å²) in [6.07, 6.45) is 6.40. The van der Waals surface area contributed by atoms with Crippen molar-refractivity contribution in [1.82, 2.24) is 15.0 Å². The number of methoxy groups -OCH3 is 1. The molecular weight excluding hydrogens is 444 g/mol. The predicted molar refractivity (Wildman–Crippen MR) is 128 cm³/mol. The van der Waals surface area contributed by atoms with Crippen LogP contribution in [0, 0.1) is 0 Å². The molecule has 0 radical (unpaired) electrons. The van der Waals surface area contributed by atoms with Gasteiger partial charge in [0.25, 0.3) is 5.56 Å². The summed E-state index contributed by atoms with van der Waals surface area (Å²) >= 11 is 0. The second kappa shape index (κ2) is 9.16. The molecule has 1 aromatic carbocycles. The van der Waals surface area contributed by atoms with Crippen LogP contribution in [0.1, 0.15) is 43.2 Å². The number of hydrogen-bond donors (Lipinski definition) is 3. The summed E-state index contributed by atoms with van der Waals surface area (Å²) in [5, 5.41) is 5.07. The van der Waals surface area contributed by atoms with Gasteiger partial charge in [0.05, 0.1) is 24.1 Å². The molecule has 0 saturated carbocycles. The van der Waals surface area contributed by atoms with Crippen LogP contribution in [0.25, 0.3) is 23.3 Å². The van der Waals surface area contributed by atoms with Crippen LogP contribution in [0.4, 0.5) is 0 Å². The minimum absolute atomic E-state index is 0.289. The van der Waals surface area contributed by atoms with Crippen molar-refractivity contribution in [2.24, 2.45) is 5.14 Å². The number of primary sulfonamides is 1. The largest absolute Gasteiger partial charge is 0.496 e. The molecule has 2 heterocycles. The molecular formula is C23H26N4O5S. The van der Waals surface area contributed by atoms with Crippen molar-refractivity contribution < 1.29 is 13.2 Å². The topological polar surface area (TPSA) is 148 Å². The van der Waals surface area contributed by atoms with Gasteiger partial charge in [0.15, 0.2) is 0 Å². The summed E-state index contributed by atoms with van der Waals surface area (Å²) in [6.45, 7) is 6.10. The number of rotatable bonds is 6. The highest BCUT2D eigenvalue weighted by Crippen LogP contribution is 2.38. The molecule has 0 aliphatic carbocycles. The van der Waals surface area contributed by atoms with Gasteiger partial charge in [-0.3, -0.25) is 14.8 Å². The highest BCUT2D eigenvalue weighted by Gasteiger charge is 2.23. The van der Waals surface area contributed by atoms with E-state index in [1.165, 1.54) is 12.4 Å². The number of aromatic nitrogens is 3. The van der Waals surface area contributed by atoms with E-state index in [-0.39, 0.29) is 11.2 Å². The van der Waals surface area contributed by atoms with Gasteiger partial charge in [0, 0.05) is 23.5 Å². The van der Waals surface area contributed by atoms with Crippen LogP contribution in [0.3, 0.4) is 0 Å². The van der Waals surface area contributed by atoms with Gasteiger partial charge in [0.1, 0.15) is 5.75 Å². The first kappa shape index (κ1) is 24.1. The maximum atomic E-state index is 12.4. The quantitative estimate of drug-likeness (QED) is 0.504. The fourth-order valence-corrected chi connectivity index (χ4v) is 4.00. The third kappa shape index (κ3) is 6.05. The van der Waals surface area contributed by atoms with Gasteiger partial charge in [-0.05, 0) is 46.9 Å². The Morgan fingerprint density at radius 2 is 1.88 bits per heavy atom. The molecule has 3 aromatic rings. The number of aromatic amines is 2. The molecule has 0 spiro atoms. The predicted octanol–water partition coefficient (Wildman–Crippen LogP) is 2.39. The van der Waals surface area contributed by atoms with Gasteiger partial charge < -0.3 is 9.72 Å². The molecule has 174 valence electrons. The molecule has 0 amide bonds. The first-order chi connectivity index (χ1) is 15.4. The Bertz CT molecular complexity index is 1410. The van der Waals surface area contributed by atoms with Gasteiger partial charge in [-0.15, -0.1) is 0 Å². The molecule has 4 N–H and O–H groups in total. The average molecular weight is 471 g/mol. The Morgan fingerprint density at radius 1 is 1.15 bits per heavy atom. The van der Waals surface area contributed by atoms with Crippen molar-refractivity contribution in [3.63, 3.8) is 0 Å². The number of nitrogens with zero attached hydrogens (tertiary/aromatic N) is 1. The Kier molecular flexibility index (Phi) is 6.71. The van der Waals surface area contributed by atoms with Crippen molar-refractivity contribution in [2.45, 2.75) is 31.9 Å². The van der Waals surface area contributed by atoms with Crippen LogP contribution in [0.5, 0.6) is 5.75 Å². The first-order valence-corrected chi connectivity index (χ1v) is 11.8. The average Bonchev–Trinajstić information content (AvgIpc) is 2.71. The zero-order chi connectivity index (χ0) is 24.4. The maximum absolute atomic E-state index is 12.4. The minimum Gasteiger partial charge on any atom is -0.496 e. The molecule has 0 aliphatic rings. The molecule has 3 rings (SSSR count). The third-order valence-corrected chi connectivity index (χ3v) is 5.64. The monoisotopic (exact) mass is 470 g/mol. The number of ether oxygens (including phenoxy) is 1. The maximum Gasteiger partial charge on any atom is 0.325 e. The summed E-state index contributed by atoms with van der Waals surface area (Å²) in [5.41, 5.74) is 2.24. The number of nitrogens with two attached hydrogens (primary N) is 1. The molecule has 0 unspecified atom stereocenters. The number of sulfonamides is 1.